The molecule has 0 amide bonds. The van der Waals surface area contributed by atoms with E-state index < -0.39 is 0 Å². The average molecular weight is 137 g/mol. The Morgan fingerprint density at radius 3 is 2.30 bits per heavy atom. The van der Waals surface area contributed by atoms with E-state index in [1.807, 2.05) is 13.1 Å². The Balaban J connectivity index is 2.78. The van der Waals surface area contributed by atoms with Crippen LogP contribution in [0.25, 0.3) is 0 Å². The van der Waals surface area contributed by atoms with Crippen molar-refractivity contribution >= 4 is 6.21 Å². The lowest BCUT2D eigenvalue weighted by molar-refractivity contribution is 0.422. The van der Waals surface area contributed by atoms with Gasteiger partial charge in [-0.15, -0.1) is 0 Å². The number of nitrogens with zero attached hydrogens (tertiary/aromatic N) is 1. The summed E-state index contributed by atoms with van der Waals surface area (Å²) in [6.07, 6.45) is 1.88. The maximum absolute atomic E-state index is 4.30. The van der Waals surface area contributed by atoms with E-state index in [9.17, 15) is 0 Å². The first-order valence-electron chi connectivity index (χ1n) is 3.87. The minimum absolute atomic E-state index is 0.677. The summed E-state index contributed by atoms with van der Waals surface area (Å²) in [4.78, 5) is 4.30. The van der Waals surface area contributed by atoms with Crippen molar-refractivity contribution in [1.29, 1.82) is 0 Å². The molecule has 56 valence electrons. The first-order valence-corrected chi connectivity index (χ1v) is 3.87. The van der Waals surface area contributed by atoms with Crippen molar-refractivity contribution in [2.75, 3.05) is 0 Å². The summed E-state index contributed by atoms with van der Waals surface area (Å²) in [5.41, 5.74) is 2.76. The lowest BCUT2D eigenvalue weighted by Gasteiger charge is -2.33. The molecule has 1 aliphatic rings. The van der Waals surface area contributed by atoms with Crippen LogP contribution in [0.3, 0.4) is 0 Å². The third kappa shape index (κ3) is 0.898. The fraction of sp³-hybridized carbons (Fsp3) is 0.667. The van der Waals surface area contributed by atoms with Gasteiger partial charge in [0.2, 0.25) is 0 Å². The third-order valence-corrected chi connectivity index (χ3v) is 2.54. The fourth-order valence-corrected chi connectivity index (χ4v) is 1.47. The first kappa shape index (κ1) is 7.52. The number of hydrogen-bond acceptors (Lipinski definition) is 1. The van der Waals surface area contributed by atoms with Crippen molar-refractivity contribution in [2.45, 2.75) is 27.7 Å². The number of hydrogen-bond donors (Lipinski definition) is 0. The predicted molar refractivity (Wildman–Crippen MR) is 45.2 cm³/mol. The summed E-state index contributed by atoms with van der Waals surface area (Å²) in [7, 11) is 0. The number of allylic oxidation sites excluding steroid dienone is 2. The van der Waals surface area contributed by atoms with Crippen LogP contribution in [0.4, 0.5) is 0 Å². The Morgan fingerprint density at radius 2 is 1.90 bits per heavy atom. The zero-order valence-electron chi connectivity index (χ0n) is 7.18. The highest BCUT2D eigenvalue weighted by Gasteiger charge is 2.29. The van der Waals surface area contributed by atoms with E-state index in [2.05, 4.69) is 25.8 Å². The van der Waals surface area contributed by atoms with Gasteiger partial charge in [-0.2, -0.15) is 0 Å². The van der Waals surface area contributed by atoms with Crippen LogP contribution in [-0.2, 0) is 0 Å². The van der Waals surface area contributed by atoms with Crippen molar-refractivity contribution in [3.8, 4) is 0 Å². The Bertz CT molecular complexity index is 189. The molecule has 2 atom stereocenters. The smallest absolute Gasteiger partial charge is 0.0425 e. The Kier molecular flexibility index (Phi) is 1.93. The second-order valence-electron chi connectivity index (χ2n) is 3.03. The summed E-state index contributed by atoms with van der Waals surface area (Å²) in [5, 5.41) is 0. The molecular weight excluding hydrogens is 122 g/mol. The molecular formula is C9H15N. The van der Waals surface area contributed by atoms with Crippen LogP contribution in [-0.4, -0.2) is 6.21 Å². The Hall–Kier alpha value is -0.590. The van der Waals surface area contributed by atoms with Gasteiger partial charge in [0.05, 0.1) is 0 Å². The SMILES string of the molecule is CC=NC1=C(C)C(C)C1C. The molecule has 0 radical (unpaired) electrons. The largest absolute Gasteiger partial charge is 0.266 e. The van der Waals surface area contributed by atoms with E-state index in [4.69, 9.17) is 0 Å². The van der Waals surface area contributed by atoms with Gasteiger partial charge in [0, 0.05) is 17.8 Å². The second-order valence-corrected chi connectivity index (χ2v) is 3.03. The van der Waals surface area contributed by atoms with Crippen LogP contribution in [0.5, 0.6) is 0 Å². The van der Waals surface area contributed by atoms with E-state index in [-0.39, 0.29) is 0 Å². The van der Waals surface area contributed by atoms with E-state index in [0.29, 0.717) is 5.92 Å². The molecule has 0 aromatic heterocycles. The average Bonchev–Trinajstić information content (AvgIpc) is 1.98. The lowest BCUT2D eigenvalue weighted by atomic mass is 9.75. The quantitative estimate of drug-likeness (QED) is 0.493. The molecule has 0 N–H and O–H groups in total. The van der Waals surface area contributed by atoms with Crippen LogP contribution < -0.4 is 0 Å². The van der Waals surface area contributed by atoms with Crippen molar-refractivity contribution in [3.05, 3.63) is 11.3 Å². The molecule has 0 fully saturated rings. The normalized spacial score (nSPS) is 33.2. The molecule has 1 rings (SSSR count). The summed E-state index contributed by atoms with van der Waals surface area (Å²) in [6, 6.07) is 0. The fourth-order valence-electron chi connectivity index (χ4n) is 1.47. The van der Waals surface area contributed by atoms with Crippen molar-refractivity contribution in [3.63, 3.8) is 0 Å². The molecule has 1 nitrogen and oxygen atoms in total. The topological polar surface area (TPSA) is 12.4 Å². The van der Waals surface area contributed by atoms with Crippen LogP contribution >= 0.6 is 0 Å². The molecule has 0 spiro atoms. The van der Waals surface area contributed by atoms with Crippen LogP contribution in [0.1, 0.15) is 27.7 Å². The van der Waals surface area contributed by atoms with Gasteiger partial charge in [0.15, 0.2) is 0 Å². The maximum atomic E-state index is 4.30. The molecule has 0 heterocycles. The zero-order chi connectivity index (χ0) is 7.72. The van der Waals surface area contributed by atoms with Crippen molar-refractivity contribution in [1.82, 2.24) is 0 Å². The van der Waals surface area contributed by atoms with E-state index in [1.54, 1.807) is 0 Å². The van der Waals surface area contributed by atoms with E-state index >= 15 is 0 Å². The number of aliphatic imine (C=N–C) groups is 1. The summed E-state index contributed by atoms with van der Waals surface area (Å²) >= 11 is 0. The third-order valence-electron chi connectivity index (χ3n) is 2.54. The van der Waals surface area contributed by atoms with Gasteiger partial charge in [-0.25, -0.2) is 0 Å². The maximum Gasteiger partial charge on any atom is 0.0425 e. The first-order chi connectivity index (χ1) is 4.68. The molecule has 0 aromatic carbocycles. The van der Waals surface area contributed by atoms with Gasteiger partial charge in [-0.05, 0) is 25.3 Å². The van der Waals surface area contributed by atoms with Gasteiger partial charge in [-0.3, -0.25) is 4.99 Å². The molecule has 0 aromatic rings. The summed E-state index contributed by atoms with van der Waals surface area (Å²) < 4.78 is 0. The van der Waals surface area contributed by atoms with Crippen LogP contribution in [0, 0.1) is 11.8 Å². The monoisotopic (exact) mass is 137 g/mol. The zero-order valence-corrected chi connectivity index (χ0v) is 7.18. The molecule has 1 aliphatic carbocycles. The highest BCUT2D eigenvalue weighted by atomic mass is 14.8. The van der Waals surface area contributed by atoms with Gasteiger partial charge >= 0.3 is 0 Å². The highest BCUT2D eigenvalue weighted by molar-refractivity contribution is 5.56. The summed E-state index contributed by atoms with van der Waals surface area (Å²) in [5.74, 6) is 1.43. The highest BCUT2D eigenvalue weighted by Crippen LogP contribution is 2.40. The van der Waals surface area contributed by atoms with Crippen LogP contribution in [0.2, 0.25) is 0 Å². The molecule has 2 unspecified atom stereocenters. The van der Waals surface area contributed by atoms with Gasteiger partial charge in [-0.1, -0.05) is 13.8 Å². The van der Waals surface area contributed by atoms with Gasteiger partial charge in [0.1, 0.15) is 0 Å². The molecule has 0 saturated carbocycles. The molecule has 0 aliphatic heterocycles. The minimum atomic E-state index is 0.677. The number of rotatable bonds is 1. The van der Waals surface area contributed by atoms with Gasteiger partial charge < -0.3 is 0 Å². The minimum Gasteiger partial charge on any atom is -0.266 e. The van der Waals surface area contributed by atoms with Gasteiger partial charge in [0.25, 0.3) is 0 Å². The van der Waals surface area contributed by atoms with Crippen molar-refractivity contribution in [2.24, 2.45) is 16.8 Å². The Morgan fingerprint density at radius 1 is 1.30 bits per heavy atom. The standard InChI is InChI=1S/C9H15N/c1-5-10-9-7(3)6(2)8(9)4/h5-7H,1-4H3. The van der Waals surface area contributed by atoms with Crippen LogP contribution in [0.15, 0.2) is 16.3 Å². The Labute approximate surface area is 62.9 Å². The molecule has 10 heavy (non-hydrogen) atoms. The second kappa shape index (κ2) is 2.57. The summed E-state index contributed by atoms with van der Waals surface area (Å²) in [6.45, 7) is 8.64. The van der Waals surface area contributed by atoms with E-state index in [0.717, 1.165) is 5.92 Å². The van der Waals surface area contributed by atoms with Crippen molar-refractivity contribution < 1.29 is 0 Å². The molecule has 0 bridgehead atoms. The molecule has 1 heteroatoms. The predicted octanol–water partition coefficient (Wildman–Crippen LogP) is 2.64. The lowest BCUT2D eigenvalue weighted by Crippen LogP contribution is -2.23. The van der Waals surface area contributed by atoms with E-state index in [1.165, 1.54) is 11.3 Å². The molecule has 0 saturated heterocycles.